The maximum Gasteiger partial charge on any atom is 0.405 e. The summed E-state index contributed by atoms with van der Waals surface area (Å²) in [6, 6.07) is 3.21. The normalized spacial score (nSPS) is 17.2. The van der Waals surface area contributed by atoms with Gasteiger partial charge in [-0.2, -0.15) is 13.2 Å². The van der Waals surface area contributed by atoms with Crippen LogP contribution in [0, 0.1) is 6.92 Å². The van der Waals surface area contributed by atoms with Crippen LogP contribution in [0.4, 0.5) is 13.2 Å². The van der Waals surface area contributed by atoms with E-state index >= 15 is 0 Å². The lowest BCUT2D eigenvalue weighted by Gasteiger charge is -2.35. The third-order valence-electron chi connectivity index (χ3n) is 3.96. The second kappa shape index (κ2) is 8.73. The first-order chi connectivity index (χ1) is 11.8. The number of hydrogen-bond donors (Lipinski definition) is 2. The second-order valence-electron chi connectivity index (χ2n) is 5.85. The third-order valence-corrected chi connectivity index (χ3v) is 4.19. The third kappa shape index (κ3) is 6.05. The van der Waals surface area contributed by atoms with Crippen LogP contribution >= 0.6 is 11.6 Å². The maximum atomic E-state index is 13.2. The van der Waals surface area contributed by atoms with Gasteiger partial charge in [0, 0.05) is 37.7 Å². The molecular formula is C16H21ClF3N3O2. The molecule has 25 heavy (non-hydrogen) atoms. The lowest BCUT2D eigenvalue weighted by molar-refractivity contribution is -0.184. The van der Waals surface area contributed by atoms with Gasteiger partial charge in [-0.05, 0) is 30.7 Å². The van der Waals surface area contributed by atoms with E-state index in [-0.39, 0.29) is 6.61 Å². The number of nitrogens with one attached hydrogen (secondary N) is 2. The van der Waals surface area contributed by atoms with Crippen molar-refractivity contribution in [2.45, 2.75) is 19.1 Å². The Morgan fingerprint density at radius 3 is 2.68 bits per heavy atom. The second-order valence-corrected chi connectivity index (χ2v) is 6.28. The van der Waals surface area contributed by atoms with E-state index in [1.807, 2.05) is 0 Å². The Kier molecular flexibility index (Phi) is 6.92. The Morgan fingerprint density at radius 2 is 2.08 bits per heavy atom. The molecular weight excluding hydrogens is 359 g/mol. The van der Waals surface area contributed by atoms with E-state index in [1.165, 1.54) is 4.90 Å². The summed E-state index contributed by atoms with van der Waals surface area (Å²) >= 11 is 5.83. The summed E-state index contributed by atoms with van der Waals surface area (Å²) in [7, 11) is 0. The zero-order valence-electron chi connectivity index (χ0n) is 13.8. The minimum atomic E-state index is -4.40. The molecule has 1 fully saturated rings. The van der Waals surface area contributed by atoms with Crippen LogP contribution in [0.25, 0.3) is 0 Å². The summed E-state index contributed by atoms with van der Waals surface area (Å²) in [5, 5.41) is 5.86. The number of amides is 1. The first-order valence-electron chi connectivity index (χ1n) is 7.94. The molecule has 0 spiro atoms. The Hall–Kier alpha value is -1.51. The maximum absolute atomic E-state index is 13.2. The number of aryl methyl sites for hydroxylation is 1. The van der Waals surface area contributed by atoms with Crippen LogP contribution in [0.1, 0.15) is 5.56 Å². The number of alkyl halides is 3. The Morgan fingerprint density at radius 1 is 1.40 bits per heavy atom. The molecule has 1 atom stereocenters. The van der Waals surface area contributed by atoms with Crippen molar-refractivity contribution in [2.75, 3.05) is 39.3 Å². The zero-order chi connectivity index (χ0) is 18.4. The fourth-order valence-electron chi connectivity index (χ4n) is 2.63. The van der Waals surface area contributed by atoms with Crippen molar-refractivity contribution in [3.8, 4) is 5.75 Å². The van der Waals surface area contributed by atoms with Gasteiger partial charge in [-0.15, -0.1) is 0 Å². The van der Waals surface area contributed by atoms with Gasteiger partial charge in [0.25, 0.3) is 5.91 Å². The van der Waals surface area contributed by atoms with Crippen molar-refractivity contribution < 1.29 is 22.7 Å². The highest BCUT2D eigenvalue weighted by molar-refractivity contribution is 6.30. The Bertz CT molecular complexity index is 592. The van der Waals surface area contributed by atoms with Crippen molar-refractivity contribution in [1.29, 1.82) is 0 Å². The number of benzene rings is 1. The number of piperazine rings is 1. The van der Waals surface area contributed by atoms with Crippen LogP contribution in [0.15, 0.2) is 18.2 Å². The minimum Gasteiger partial charge on any atom is -0.484 e. The summed E-state index contributed by atoms with van der Waals surface area (Å²) in [5.41, 5.74) is 0.745. The molecule has 0 aromatic heterocycles. The SMILES string of the molecule is Cc1cc(Cl)ccc1OCC(=O)NCC(N1CCNCC1)C(F)(F)F. The van der Waals surface area contributed by atoms with Gasteiger partial charge in [0.15, 0.2) is 6.61 Å². The van der Waals surface area contributed by atoms with E-state index in [2.05, 4.69) is 10.6 Å². The van der Waals surface area contributed by atoms with E-state index in [1.54, 1.807) is 25.1 Å². The van der Waals surface area contributed by atoms with Crippen LogP contribution in [0.3, 0.4) is 0 Å². The molecule has 2 rings (SSSR count). The topological polar surface area (TPSA) is 53.6 Å². The average molecular weight is 380 g/mol. The smallest absolute Gasteiger partial charge is 0.405 e. The number of carbonyl (C=O) groups is 1. The highest BCUT2D eigenvalue weighted by Gasteiger charge is 2.43. The lowest BCUT2D eigenvalue weighted by atomic mass is 10.2. The van der Waals surface area contributed by atoms with Gasteiger partial charge in [0.2, 0.25) is 0 Å². The fraction of sp³-hybridized carbons (Fsp3) is 0.562. The van der Waals surface area contributed by atoms with Gasteiger partial charge in [-0.3, -0.25) is 9.69 Å². The van der Waals surface area contributed by atoms with E-state index in [9.17, 15) is 18.0 Å². The molecule has 1 unspecified atom stereocenters. The fourth-order valence-corrected chi connectivity index (χ4v) is 2.85. The largest absolute Gasteiger partial charge is 0.484 e. The Balaban J connectivity index is 1.85. The van der Waals surface area contributed by atoms with Crippen molar-refractivity contribution in [2.24, 2.45) is 0 Å². The molecule has 9 heteroatoms. The van der Waals surface area contributed by atoms with Gasteiger partial charge in [0.1, 0.15) is 11.8 Å². The quantitative estimate of drug-likeness (QED) is 0.793. The number of rotatable bonds is 6. The molecule has 1 heterocycles. The van der Waals surface area contributed by atoms with Crippen molar-refractivity contribution in [3.63, 3.8) is 0 Å². The summed E-state index contributed by atoms with van der Waals surface area (Å²) in [6.07, 6.45) is -4.40. The molecule has 1 aliphatic heterocycles. The molecule has 1 saturated heterocycles. The zero-order valence-corrected chi connectivity index (χ0v) is 14.6. The molecule has 0 aliphatic carbocycles. The monoisotopic (exact) mass is 379 g/mol. The molecule has 1 aromatic rings. The minimum absolute atomic E-state index is 0.292. The molecule has 2 N–H and O–H groups in total. The first kappa shape index (κ1) is 19.8. The summed E-state index contributed by atoms with van der Waals surface area (Å²) in [6.45, 7) is 2.50. The van der Waals surface area contributed by atoms with Crippen molar-refractivity contribution in [3.05, 3.63) is 28.8 Å². The summed E-state index contributed by atoms with van der Waals surface area (Å²) < 4.78 is 45.1. The van der Waals surface area contributed by atoms with Gasteiger partial charge < -0.3 is 15.4 Å². The molecule has 0 saturated carbocycles. The Labute approximate surface area is 149 Å². The van der Waals surface area contributed by atoms with Gasteiger partial charge >= 0.3 is 6.18 Å². The predicted octanol–water partition coefficient (Wildman–Crippen LogP) is 1.98. The van der Waals surface area contributed by atoms with Crippen LogP contribution in [0.2, 0.25) is 5.02 Å². The molecule has 140 valence electrons. The first-order valence-corrected chi connectivity index (χ1v) is 8.32. The molecule has 5 nitrogen and oxygen atoms in total. The summed E-state index contributed by atoms with van der Waals surface area (Å²) in [4.78, 5) is 13.2. The van der Waals surface area contributed by atoms with E-state index < -0.39 is 24.7 Å². The standard InChI is InChI=1S/C16H21ClF3N3O2/c1-11-8-12(17)2-3-13(11)25-10-15(24)22-9-14(16(18,19)20)23-6-4-21-5-7-23/h2-3,8,14,21H,4-7,9-10H2,1H3,(H,22,24). The van der Waals surface area contributed by atoms with Gasteiger partial charge in [0.05, 0.1) is 0 Å². The number of carbonyl (C=O) groups excluding carboxylic acids is 1. The number of nitrogens with zero attached hydrogens (tertiary/aromatic N) is 1. The van der Waals surface area contributed by atoms with Crippen LogP contribution in [-0.2, 0) is 4.79 Å². The molecule has 1 aliphatic rings. The number of hydrogen-bond acceptors (Lipinski definition) is 4. The van der Waals surface area contributed by atoms with Crippen LogP contribution in [-0.4, -0.2) is 62.4 Å². The molecule has 1 aromatic carbocycles. The van der Waals surface area contributed by atoms with Crippen LogP contribution in [0.5, 0.6) is 5.75 Å². The molecule has 1 amide bonds. The number of ether oxygens (including phenoxy) is 1. The average Bonchev–Trinajstić information content (AvgIpc) is 2.54. The molecule has 0 bridgehead atoms. The van der Waals surface area contributed by atoms with E-state index in [0.29, 0.717) is 37.0 Å². The summed E-state index contributed by atoms with van der Waals surface area (Å²) in [5.74, 6) is -0.132. The van der Waals surface area contributed by atoms with Gasteiger partial charge in [-0.1, -0.05) is 11.6 Å². The van der Waals surface area contributed by atoms with Gasteiger partial charge in [-0.25, -0.2) is 0 Å². The van der Waals surface area contributed by atoms with Crippen molar-refractivity contribution >= 4 is 17.5 Å². The van der Waals surface area contributed by atoms with Crippen molar-refractivity contribution in [1.82, 2.24) is 15.5 Å². The van der Waals surface area contributed by atoms with E-state index in [0.717, 1.165) is 5.56 Å². The van der Waals surface area contributed by atoms with Crippen LogP contribution < -0.4 is 15.4 Å². The molecule has 0 radical (unpaired) electrons. The predicted molar refractivity (Wildman–Crippen MR) is 89.0 cm³/mol. The highest BCUT2D eigenvalue weighted by Crippen LogP contribution is 2.25. The number of halogens is 4. The lowest BCUT2D eigenvalue weighted by Crippen LogP contribution is -2.57. The van der Waals surface area contributed by atoms with E-state index in [4.69, 9.17) is 16.3 Å². The highest BCUT2D eigenvalue weighted by atomic mass is 35.5.